The van der Waals surface area contributed by atoms with Crippen LogP contribution in [-0.2, 0) is 16.0 Å². The van der Waals surface area contributed by atoms with E-state index in [1.165, 1.54) is 0 Å². The predicted octanol–water partition coefficient (Wildman–Crippen LogP) is 4.18. The van der Waals surface area contributed by atoms with Crippen molar-refractivity contribution in [1.82, 2.24) is 9.88 Å². The number of benzene rings is 2. The molecule has 2 aromatic carbocycles. The number of nitrogens with two attached hydrogens (primary N) is 1. The van der Waals surface area contributed by atoms with Gasteiger partial charge in [0.05, 0.1) is 20.3 Å². The van der Waals surface area contributed by atoms with E-state index in [2.05, 4.69) is 11.1 Å². The zero-order valence-corrected chi connectivity index (χ0v) is 21.4. The number of pyridine rings is 1. The van der Waals surface area contributed by atoms with Gasteiger partial charge in [0.15, 0.2) is 17.3 Å². The first-order valence-corrected chi connectivity index (χ1v) is 12.8. The summed E-state index contributed by atoms with van der Waals surface area (Å²) in [4.78, 5) is 31.0. The lowest BCUT2D eigenvalue weighted by atomic mass is 9.98. The van der Waals surface area contributed by atoms with Crippen molar-refractivity contribution in [2.45, 2.75) is 25.4 Å². The van der Waals surface area contributed by atoms with Gasteiger partial charge in [-0.05, 0) is 71.7 Å². The number of rotatable bonds is 8. The molecule has 196 valence electrons. The molecule has 0 saturated carbocycles. The monoisotopic (exact) mass is 513 g/mol. The summed E-state index contributed by atoms with van der Waals surface area (Å²) < 4.78 is 17.2. The van der Waals surface area contributed by atoms with Crippen LogP contribution in [0, 0.1) is 0 Å². The Morgan fingerprint density at radius 2 is 1.89 bits per heavy atom. The van der Waals surface area contributed by atoms with Crippen molar-refractivity contribution in [3.8, 4) is 22.6 Å². The SMILES string of the molecule is COc1cc(-c2ccc(C(=O)N3CCOCC3)cc2)cc2c1OC(CCC(=O)/C=C/c1ccc(N)nc1)C2. The van der Waals surface area contributed by atoms with E-state index < -0.39 is 0 Å². The summed E-state index contributed by atoms with van der Waals surface area (Å²) >= 11 is 0. The molecular formula is C30H31N3O5. The Balaban J connectivity index is 1.22. The zero-order chi connectivity index (χ0) is 26.5. The molecule has 1 saturated heterocycles. The van der Waals surface area contributed by atoms with Gasteiger partial charge in [0, 0.05) is 43.3 Å². The molecule has 8 nitrogen and oxygen atoms in total. The Bertz CT molecular complexity index is 1330. The first kappa shape index (κ1) is 25.5. The highest BCUT2D eigenvalue weighted by molar-refractivity contribution is 5.95. The Kier molecular flexibility index (Phi) is 7.70. The van der Waals surface area contributed by atoms with Crippen LogP contribution in [0.15, 0.2) is 60.8 Å². The minimum atomic E-state index is -0.0989. The summed E-state index contributed by atoms with van der Waals surface area (Å²) in [6.45, 7) is 2.39. The number of morpholine rings is 1. The summed E-state index contributed by atoms with van der Waals surface area (Å²) in [5, 5.41) is 0. The van der Waals surface area contributed by atoms with Gasteiger partial charge in [-0.2, -0.15) is 0 Å². The number of hydrogen-bond donors (Lipinski definition) is 1. The molecule has 3 aromatic rings. The number of aromatic nitrogens is 1. The molecule has 0 spiro atoms. The smallest absolute Gasteiger partial charge is 0.254 e. The first-order chi connectivity index (χ1) is 18.5. The van der Waals surface area contributed by atoms with Crippen molar-refractivity contribution in [1.29, 1.82) is 0 Å². The number of nitrogen functional groups attached to an aromatic ring is 1. The van der Waals surface area contributed by atoms with Crippen LogP contribution in [0.5, 0.6) is 11.5 Å². The van der Waals surface area contributed by atoms with Crippen LogP contribution in [0.2, 0.25) is 0 Å². The molecule has 1 amide bonds. The average molecular weight is 514 g/mol. The topological polar surface area (TPSA) is 104 Å². The van der Waals surface area contributed by atoms with Crippen LogP contribution in [0.1, 0.15) is 34.3 Å². The van der Waals surface area contributed by atoms with E-state index in [9.17, 15) is 9.59 Å². The second-order valence-electron chi connectivity index (χ2n) is 9.45. The number of fused-ring (bicyclic) bond motifs is 1. The number of nitrogens with zero attached hydrogens (tertiary/aromatic N) is 2. The lowest BCUT2D eigenvalue weighted by Gasteiger charge is -2.26. The highest BCUT2D eigenvalue weighted by atomic mass is 16.5. The average Bonchev–Trinajstić information content (AvgIpc) is 3.38. The zero-order valence-electron chi connectivity index (χ0n) is 21.4. The lowest BCUT2D eigenvalue weighted by Crippen LogP contribution is -2.40. The van der Waals surface area contributed by atoms with E-state index in [4.69, 9.17) is 19.9 Å². The molecular weight excluding hydrogens is 482 g/mol. The standard InChI is InChI=1S/C30H31N3O5/c1-36-27-18-23(21-4-6-22(7-5-21)30(35)33-12-14-37-15-13-33)16-24-17-26(38-29(24)27)10-9-25(34)8-2-20-3-11-28(31)32-19-20/h2-8,11,16,18-19,26H,9-10,12-15,17H2,1H3,(H2,31,32)/b8-2+. The summed E-state index contributed by atoms with van der Waals surface area (Å²) in [6, 6.07) is 15.2. The number of carbonyl (C=O) groups is 2. The van der Waals surface area contributed by atoms with Crippen molar-refractivity contribution in [2.75, 3.05) is 39.1 Å². The lowest BCUT2D eigenvalue weighted by molar-refractivity contribution is -0.115. The third kappa shape index (κ3) is 5.86. The van der Waals surface area contributed by atoms with Gasteiger partial charge in [-0.1, -0.05) is 12.1 Å². The van der Waals surface area contributed by atoms with Gasteiger partial charge in [0.2, 0.25) is 0 Å². The maximum atomic E-state index is 12.8. The fraction of sp³-hybridized carbons (Fsp3) is 0.300. The van der Waals surface area contributed by atoms with Gasteiger partial charge in [-0.25, -0.2) is 4.98 Å². The molecule has 0 aliphatic carbocycles. The van der Waals surface area contributed by atoms with E-state index in [1.807, 2.05) is 41.3 Å². The fourth-order valence-corrected chi connectivity index (χ4v) is 4.72. The number of anilines is 1. The van der Waals surface area contributed by atoms with Crippen LogP contribution < -0.4 is 15.2 Å². The molecule has 1 aromatic heterocycles. The Labute approximate surface area is 222 Å². The minimum absolute atomic E-state index is 0.0251. The molecule has 0 radical (unpaired) electrons. The summed E-state index contributed by atoms with van der Waals surface area (Å²) in [7, 11) is 1.63. The van der Waals surface area contributed by atoms with Crippen molar-refractivity contribution in [2.24, 2.45) is 0 Å². The van der Waals surface area contributed by atoms with Gasteiger partial charge in [0.1, 0.15) is 11.9 Å². The molecule has 1 unspecified atom stereocenters. The van der Waals surface area contributed by atoms with Crippen LogP contribution in [0.25, 0.3) is 17.2 Å². The Morgan fingerprint density at radius 1 is 1.11 bits per heavy atom. The van der Waals surface area contributed by atoms with Crippen molar-refractivity contribution < 1.29 is 23.8 Å². The van der Waals surface area contributed by atoms with Crippen LogP contribution in [0.3, 0.4) is 0 Å². The summed E-state index contributed by atoms with van der Waals surface area (Å²) in [5.74, 6) is 1.89. The number of ketones is 1. The number of hydrogen-bond acceptors (Lipinski definition) is 7. The second-order valence-corrected chi connectivity index (χ2v) is 9.45. The Morgan fingerprint density at radius 3 is 2.61 bits per heavy atom. The number of amides is 1. The minimum Gasteiger partial charge on any atom is -0.493 e. The second kappa shape index (κ2) is 11.5. The van der Waals surface area contributed by atoms with E-state index in [-0.39, 0.29) is 17.8 Å². The number of ether oxygens (including phenoxy) is 3. The maximum Gasteiger partial charge on any atom is 0.254 e. The van der Waals surface area contributed by atoms with Gasteiger partial charge in [-0.15, -0.1) is 0 Å². The van der Waals surface area contributed by atoms with Gasteiger partial charge < -0.3 is 24.8 Å². The normalized spacial score (nSPS) is 16.8. The molecule has 3 heterocycles. The summed E-state index contributed by atoms with van der Waals surface area (Å²) in [5.41, 5.74) is 10.1. The molecule has 8 heteroatoms. The van der Waals surface area contributed by atoms with Gasteiger partial charge in [-0.3, -0.25) is 9.59 Å². The molecule has 2 aliphatic rings. The third-order valence-corrected chi connectivity index (χ3v) is 6.83. The number of methoxy groups -OCH3 is 1. The third-order valence-electron chi connectivity index (χ3n) is 6.83. The highest BCUT2D eigenvalue weighted by Crippen LogP contribution is 2.42. The van der Waals surface area contributed by atoms with E-state index >= 15 is 0 Å². The highest BCUT2D eigenvalue weighted by Gasteiger charge is 2.27. The molecule has 38 heavy (non-hydrogen) atoms. The number of carbonyl (C=O) groups excluding carboxylic acids is 2. The fourth-order valence-electron chi connectivity index (χ4n) is 4.72. The van der Waals surface area contributed by atoms with Gasteiger partial charge >= 0.3 is 0 Å². The van der Waals surface area contributed by atoms with Crippen molar-refractivity contribution >= 4 is 23.6 Å². The quantitative estimate of drug-likeness (QED) is 0.451. The van der Waals surface area contributed by atoms with Crippen LogP contribution in [0.4, 0.5) is 5.82 Å². The first-order valence-electron chi connectivity index (χ1n) is 12.8. The number of allylic oxidation sites excluding steroid dienone is 1. The predicted molar refractivity (Wildman–Crippen MR) is 145 cm³/mol. The molecule has 5 rings (SSSR count). The van der Waals surface area contributed by atoms with E-state index in [1.54, 1.807) is 31.5 Å². The molecule has 0 bridgehead atoms. The molecule has 2 N–H and O–H groups in total. The van der Waals surface area contributed by atoms with Crippen LogP contribution in [-0.4, -0.2) is 61.1 Å². The van der Waals surface area contributed by atoms with Crippen molar-refractivity contribution in [3.63, 3.8) is 0 Å². The maximum absolute atomic E-state index is 12.8. The van der Waals surface area contributed by atoms with E-state index in [0.29, 0.717) is 62.7 Å². The molecule has 2 aliphatic heterocycles. The van der Waals surface area contributed by atoms with Crippen LogP contribution >= 0.6 is 0 Å². The largest absolute Gasteiger partial charge is 0.493 e. The molecule has 1 fully saturated rings. The van der Waals surface area contributed by atoms with Crippen molar-refractivity contribution in [3.05, 3.63) is 77.5 Å². The Hall–Kier alpha value is -4.17. The molecule has 1 atom stereocenters. The van der Waals surface area contributed by atoms with Gasteiger partial charge in [0.25, 0.3) is 5.91 Å². The van der Waals surface area contributed by atoms with E-state index in [0.717, 1.165) is 28.0 Å². The summed E-state index contributed by atoms with van der Waals surface area (Å²) in [6.07, 6.45) is 6.54.